The molecule has 0 aliphatic rings. The van der Waals surface area contributed by atoms with Crippen LogP contribution in [-0.4, -0.2) is 25.2 Å². The number of nitrogens with one attached hydrogen (secondary N) is 2. The van der Waals surface area contributed by atoms with Crippen molar-refractivity contribution in [3.63, 3.8) is 0 Å². The van der Waals surface area contributed by atoms with Crippen molar-refractivity contribution in [2.24, 2.45) is 5.73 Å². The molecule has 0 bridgehead atoms. The largest absolute Gasteiger partial charge is 0.320 e. The van der Waals surface area contributed by atoms with Gasteiger partial charge in [0.1, 0.15) is 0 Å². The van der Waals surface area contributed by atoms with Gasteiger partial charge in [-0.3, -0.25) is 9.52 Å². The Morgan fingerprint density at radius 3 is 2.48 bits per heavy atom. The first-order chi connectivity index (χ1) is 10.0. The molecule has 108 valence electrons. The average molecular weight is 304 g/mol. The summed E-state index contributed by atoms with van der Waals surface area (Å²) >= 11 is 0. The van der Waals surface area contributed by atoms with E-state index in [1.807, 2.05) is 0 Å². The topological polar surface area (TPSA) is 118 Å². The predicted octanol–water partition coefficient (Wildman–Crippen LogP) is -0.119. The number of aromatic amines is 1. The molecule has 0 atom stereocenters. The molecular weight excluding hydrogens is 292 g/mol. The first-order valence-electron chi connectivity index (χ1n) is 5.89. The van der Waals surface area contributed by atoms with Gasteiger partial charge >= 0.3 is 0 Å². The molecule has 2 rings (SSSR count). The summed E-state index contributed by atoms with van der Waals surface area (Å²) in [6.45, 7) is 0.236. The lowest BCUT2D eigenvalue weighted by Crippen LogP contribution is -2.16. The number of hydrogen-bond donors (Lipinski definition) is 3. The van der Waals surface area contributed by atoms with Gasteiger partial charge in [-0.25, -0.2) is 13.5 Å². The van der Waals surface area contributed by atoms with Gasteiger partial charge in [0.2, 0.25) is 0 Å². The molecule has 0 unspecified atom stereocenters. The van der Waals surface area contributed by atoms with Gasteiger partial charge < -0.3 is 5.73 Å². The van der Waals surface area contributed by atoms with Gasteiger partial charge in [-0.05, 0) is 30.3 Å². The fourth-order valence-corrected chi connectivity index (χ4v) is 2.47. The number of aromatic nitrogens is 2. The van der Waals surface area contributed by atoms with Crippen LogP contribution in [0.3, 0.4) is 0 Å². The molecule has 1 heterocycles. The third-order valence-corrected chi connectivity index (χ3v) is 3.79. The minimum atomic E-state index is -3.77. The molecule has 0 saturated heterocycles. The van der Waals surface area contributed by atoms with Crippen LogP contribution in [-0.2, 0) is 10.0 Å². The Balaban J connectivity index is 2.23. The van der Waals surface area contributed by atoms with Crippen molar-refractivity contribution in [2.75, 3.05) is 11.3 Å². The molecule has 1 aromatic heterocycles. The number of nitrogens with zero attached hydrogens (tertiary/aromatic N) is 1. The van der Waals surface area contributed by atoms with Crippen LogP contribution in [0, 0.1) is 11.8 Å². The maximum atomic E-state index is 12.1. The fourth-order valence-electron chi connectivity index (χ4n) is 1.47. The maximum absolute atomic E-state index is 12.1. The fraction of sp³-hybridized carbons (Fsp3) is 0.0769. The molecule has 0 radical (unpaired) electrons. The van der Waals surface area contributed by atoms with Crippen LogP contribution >= 0.6 is 0 Å². The molecule has 0 spiro atoms. The van der Waals surface area contributed by atoms with Crippen LogP contribution < -0.4 is 16.0 Å². The normalized spacial score (nSPS) is 10.5. The van der Waals surface area contributed by atoms with Gasteiger partial charge in [0.05, 0.1) is 11.4 Å². The summed E-state index contributed by atoms with van der Waals surface area (Å²) in [5, 5.41) is 5.73. The number of anilines is 1. The van der Waals surface area contributed by atoms with E-state index in [9.17, 15) is 13.2 Å². The highest BCUT2D eigenvalue weighted by molar-refractivity contribution is 7.92. The van der Waals surface area contributed by atoms with Gasteiger partial charge in [0.25, 0.3) is 15.6 Å². The second-order valence-corrected chi connectivity index (χ2v) is 5.62. The molecule has 0 aliphatic carbocycles. The predicted molar refractivity (Wildman–Crippen MR) is 78.0 cm³/mol. The number of rotatable bonds is 3. The van der Waals surface area contributed by atoms with Crippen molar-refractivity contribution in [3.05, 3.63) is 52.3 Å². The van der Waals surface area contributed by atoms with Crippen LogP contribution in [0.5, 0.6) is 0 Å². The first-order valence-corrected chi connectivity index (χ1v) is 7.37. The SMILES string of the molecule is NCC#Cc1ccc(S(=O)(=O)Nc2ccc(=O)[nH]n2)cc1. The smallest absolute Gasteiger partial charge is 0.264 e. The van der Waals surface area contributed by atoms with Gasteiger partial charge in [0.15, 0.2) is 5.82 Å². The van der Waals surface area contributed by atoms with Gasteiger partial charge in [-0.2, -0.15) is 5.10 Å². The van der Waals surface area contributed by atoms with Gasteiger partial charge in [-0.15, -0.1) is 0 Å². The van der Waals surface area contributed by atoms with Crippen molar-refractivity contribution >= 4 is 15.8 Å². The molecule has 1 aromatic carbocycles. The number of benzene rings is 1. The van der Waals surface area contributed by atoms with Crippen molar-refractivity contribution in [1.29, 1.82) is 0 Å². The third-order valence-electron chi connectivity index (χ3n) is 2.42. The zero-order valence-corrected chi connectivity index (χ0v) is 11.6. The van der Waals surface area contributed by atoms with E-state index >= 15 is 0 Å². The van der Waals surface area contributed by atoms with E-state index in [0.29, 0.717) is 5.56 Å². The standard InChI is InChI=1S/C13H12N4O3S/c14-9-1-2-10-3-5-11(6-4-10)21(19,20)17-12-7-8-13(18)16-15-12/h3-8H,9,14H2,(H,15,17)(H,16,18). The molecule has 21 heavy (non-hydrogen) atoms. The Kier molecular flexibility index (Phi) is 4.37. The average Bonchev–Trinajstić information content (AvgIpc) is 2.48. The second kappa shape index (κ2) is 6.21. The molecule has 8 heteroatoms. The number of hydrogen-bond acceptors (Lipinski definition) is 5. The maximum Gasteiger partial charge on any atom is 0.264 e. The molecular formula is C13H12N4O3S. The summed E-state index contributed by atoms with van der Waals surface area (Å²) in [6, 6.07) is 8.46. The van der Waals surface area contributed by atoms with Crippen molar-refractivity contribution in [1.82, 2.24) is 10.2 Å². The van der Waals surface area contributed by atoms with Crippen molar-refractivity contribution in [2.45, 2.75) is 4.90 Å². The zero-order valence-electron chi connectivity index (χ0n) is 10.8. The van der Waals surface area contributed by atoms with Crippen molar-refractivity contribution in [3.8, 4) is 11.8 Å². The summed E-state index contributed by atoms with van der Waals surface area (Å²) < 4.78 is 26.5. The summed E-state index contributed by atoms with van der Waals surface area (Å²) in [6.07, 6.45) is 0. The quantitative estimate of drug-likeness (QED) is 0.683. The van der Waals surface area contributed by atoms with E-state index in [4.69, 9.17) is 5.73 Å². The minimum absolute atomic E-state index is 0.0293. The van der Waals surface area contributed by atoms with Crippen molar-refractivity contribution < 1.29 is 8.42 Å². The Hall–Kier alpha value is -2.63. The summed E-state index contributed by atoms with van der Waals surface area (Å²) in [5.74, 6) is 5.50. The van der Waals surface area contributed by atoms with E-state index in [2.05, 4.69) is 26.8 Å². The molecule has 0 saturated carbocycles. The van der Waals surface area contributed by atoms with Gasteiger partial charge in [0, 0.05) is 11.6 Å². The Morgan fingerprint density at radius 1 is 1.19 bits per heavy atom. The number of sulfonamides is 1. The van der Waals surface area contributed by atoms with Crippen LogP contribution in [0.2, 0.25) is 0 Å². The lowest BCUT2D eigenvalue weighted by Gasteiger charge is -2.06. The van der Waals surface area contributed by atoms with E-state index < -0.39 is 15.6 Å². The van der Waals surface area contributed by atoms with E-state index in [1.165, 1.54) is 24.3 Å². The molecule has 0 fully saturated rings. The van der Waals surface area contributed by atoms with Crippen LogP contribution in [0.1, 0.15) is 5.56 Å². The third kappa shape index (κ3) is 3.92. The monoisotopic (exact) mass is 304 g/mol. The number of nitrogens with two attached hydrogens (primary N) is 1. The highest BCUT2D eigenvalue weighted by Crippen LogP contribution is 2.13. The van der Waals surface area contributed by atoms with E-state index in [-0.39, 0.29) is 17.3 Å². The number of H-pyrrole nitrogens is 1. The second-order valence-electron chi connectivity index (χ2n) is 3.94. The van der Waals surface area contributed by atoms with E-state index in [1.54, 1.807) is 12.1 Å². The summed E-state index contributed by atoms with van der Waals surface area (Å²) in [7, 11) is -3.77. The minimum Gasteiger partial charge on any atom is -0.320 e. The molecule has 2 aromatic rings. The van der Waals surface area contributed by atoms with Crippen LogP contribution in [0.15, 0.2) is 46.1 Å². The van der Waals surface area contributed by atoms with Gasteiger partial charge in [-0.1, -0.05) is 11.8 Å². The highest BCUT2D eigenvalue weighted by atomic mass is 32.2. The first kappa shape index (κ1) is 14.8. The molecule has 7 nitrogen and oxygen atoms in total. The Labute approximate surface area is 121 Å². The zero-order chi connectivity index (χ0) is 15.3. The lowest BCUT2D eigenvalue weighted by molar-refractivity contribution is 0.601. The highest BCUT2D eigenvalue weighted by Gasteiger charge is 2.14. The van der Waals surface area contributed by atoms with E-state index in [0.717, 1.165) is 0 Å². The molecule has 0 aliphatic heterocycles. The summed E-state index contributed by atoms with van der Waals surface area (Å²) in [4.78, 5) is 10.9. The Bertz CT molecular complexity index is 825. The van der Waals surface area contributed by atoms with Crippen LogP contribution in [0.25, 0.3) is 0 Å². The summed E-state index contributed by atoms with van der Waals surface area (Å²) in [5.41, 5.74) is 5.51. The van der Waals surface area contributed by atoms with Crippen LogP contribution in [0.4, 0.5) is 5.82 Å². The Morgan fingerprint density at radius 2 is 1.90 bits per heavy atom. The lowest BCUT2D eigenvalue weighted by atomic mass is 10.2. The molecule has 0 amide bonds. The molecule has 4 N–H and O–H groups in total.